The van der Waals surface area contributed by atoms with Crippen molar-refractivity contribution >= 4 is 11.8 Å². The van der Waals surface area contributed by atoms with Gasteiger partial charge in [0.05, 0.1) is 5.60 Å². The molecule has 0 fully saturated rings. The van der Waals surface area contributed by atoms with Crippen molar-refractivity contribution in [2.75, 3.05) is 31.3 Å². The monoisotopic (exact) mass is 210 g/mol. The summed E-state index contributed by atoms with van der Waals surface area (Å²) in [6.07, 6.45) is 1.71. The number of aromatic nitrogens is 2. The van der Waals surface area contributed by atoms with E-state index >= 15 is 0 Å². The molecule has 0 unspecified atom stereocenters. The maximum Gasteiger partial charge on any atom is 0.224 e. The van der Waals surface area contributed by atoms with Crippen LogP contribution in [0.15, 0.2) is 12.3 Å². The minimum Gasteiger partial charge on any atom is -0.377 e. The first-order valence-corrected chi connectivity index (χ1v) is 4.87. The highest BCUT2D eigenvalue weighted by Crippen LogP contribution is 2.10. The van der Waals surface area contributed by atoms with Gasteiger partial charge in [-0.3, -0.25) is 0 Å². The van der Waals surface area contributed by atoms with Gasteiger partial charge in [-0.15, -0.1) is 0 Å². The Morgan fingerprint density at radius 2 is 2.20 bits per heavy atom. The number of anilines is 2. The molecule has 0 aromatic carbocycles. The number of methoxy groups -OCH3 is 1. The molecule has 0 amide bonds. The van der Waals surface area contributed by atoms with E-state index in [2.05, 4.69) is 20.6 Å². The fourth-order valence-corrected chi connectivity index (χ4v) is 0.953. The molecule has 1 rings (SSSR count). The molecule has 2 N–H and O–H groups in total. The van der Waals surface area contributed by atoms with Gasteiger partial charge in [0.15, 0.2) is 0 Å². The molecule has 0 atom stereocenters. The Bertz CT molecular complexity index is 314. The Morgan fingerprint density at radius 1 is 1.47 bits per heavy atom. The number of rotatable bonds is 5. The van der Waals surface area contributed by atoms with E-state index in [0.29, 0.717) is 12.5 Å². The van der Waals surface area contributed by atoms with E-state index in [4.69, 9.17) is 4.74 Å². The molecule has 15 heavy (non-hydrogen) atoms. The third-order valence-electron chi connectivity index (χ3n) is 2.13. The van der Waals surface area contributed by atoms with Crippen molar-refractivity contribution < 1.29 is 4.74 Å². The minimum absolute atomic E-state index is 0.204. The maximum atomic E-state index is 5.29. The van der Waals surface area contributed by atoms with E-state index in [1.165, 1.54) is 0 Å². The molecule has 0 aliphatic carbocycles. The van der Waals surface area contributed by atoms with Crippen LogP contribution in [0.2, 0.25) is 0 Å². The van der Waals surface area contributed by atoms with Gasteiger partial charge in [0.2, 0.25) is 5.95 Å². The first kappa shape index (κ1) is 11.7. The quantitative estimate of drug-likeness (QED) is 0.768. The smallest absolute Gasteiger partial charge is 0.224 e. The molecule has 0 saturated heterocycles. The highest BCUT2D eigenvalue weighted by molar-refractivity contribution is 5.39. The molecule has 84 valence electrons. The number of hydrogen-bond donors (Lipinski definition) is 2. The van der Waals surface area contributed by atoms with E-state index in [1.54, 1.807) is 20.4 Å². The van der Waals surface area contributed by atoms with Crippen LogP contribution in [0, 0.1) is 0 Å². The Labute approximate surface area is 90.3 Å². The van der Waals surface area contributed by atoms with Crippen molar-refractivity contribution in [3.8, 4) is 0 Å². The van der Waals surface area contributed by atoms with Crippen LogP contribution in [0.5, 0.6) is 0 Å². The Hall–Kier alpha value is -1.36. The number of hydrogen-bond acceptors (Lipinski definition) is 5. The normalized spacial score (nSPS) is 11.2. The van der Waals surface area contributed by atoms with Gasteiger partial charge in [0, 0.05) is 26.9 Å². The second-order valence-corrected chi connectivity index (χ2v) is 3.83. The van der Waals surface area contributed by atoms with E-state index in [1.807, 2.05) is 19.9 Å². The van der Waals surface area contributed by atoms with E-state index < -0.39 is 0 Å². The zero-order valence-corrected chi connectivity index (χ0v) is 9.66. The summed E-state index contributed by atoms with van der Waals surface area (Å²) in [5.74, 6) is 1.40. The van der Waals surface area contributed by atoms with Crippen LogP contribution < -0.4 is 10.6 Å². The summed E-state index contributed by atoms with van der Waals surface area (Å²) in [4.78, 5) is 8.27. The summed E-state index contributed by atoms with van der Waals surface area (Å²) in [6.45, 7) is 4.73. The van der Waals surface area contributed by atoms with Crippen LogP contribution in [0.4, 0.5) is 11.8 Å². The highest BCUT2D eigenvalue weighted by Gasteiger charge is 2.15. The standard InChI is InChI=1S/C10H18N4O/c1-10(2,15-4)7-13-8-5-6-12-9(11-3)14-8/h5-6H,7H2,1-4H3,(H2,11,12,13,14). The van der Waals surface area contributed by atoms with Gasteiger partial charge in [-0.25, -0.2) is 4.98 Å². The predicted molar refractivity (Wildman–Crippen MR) is 61.2 cm³/mol. The van der Waals surface area contributed by atoms with Crippen LogP contribution in [0.3, 0.4) is 0 Å². The average molecular weight is 210 g/mol. The predicted octanol–water partition coefficient (Wildman–Crippen LogP) is 1.36. The number of ether oxygens (including phenoxy) is 1. The lowest BCUT2D eigenvalue weighted by molar-refractivity contribution is 0.0343. The largest absolute Gasteiger partial charge is 0.377 e. The van der Waals surface area contributed by atoms with Gasteiger partial charge in [0.1, 0.15) is 5.82 Å². The fraction of sp³-hybridized carbons (Fsp3) is 0.600. The molecule has 5 heteroatoms. The summed E-state index contributed by atoms with van der Waals surface area (Å²) in [7, 11) is 3.49. The third kappa shape index (κ3) is 3.71. The molecule has 0 bridgehead atoms. The van der Waals surface area contributed by atoms with Crippen molar-refractivity contribution in [3.05, 3.63) is 12.3 Å². The highest BCUT2D eigenvalue weighted by atomic mass is 16.5. The molecular weight excluding hydrogens is 192 g/mol. The Balaban J connectivity index is 2.57. The fourth-order valence-electron chi connectivity index (χ4n) is 0.953. The summed E-state index contributed by atoms with van der Waals surface area (Å²) >= 11 is 0. The second-order valence-electron chi connectivity index (χ2n) is 3.83. The maximum absolute atomic E-state index is 5.29. The molecule has 0 aliphatic rings. The summed E-state index contributed by atoms with van der Waals surface area (Å²) in [6, 6.07) is 1.83. The molecule has 5 nitrogen and oxygen atoms in total. The lowest BCUT2D eigenvalue weighted by atomic mass is 10.1. The molecule has 0 radical (unpaired) electrons. The zero-order chi connectivity index (χ0) is 11.3. The van der Waals surface area contributed by atoms with Crippen LogP contribution in [0.25, 0.3) is 0 Å². The van der Waals surface area contributed by atoms with E-state index in [-0.39, 0.29) is 5.60 Å². The van der Waals surface area contributed by atoms with Crippen molar-refractivity contribution in [1.82, 2.24) is 9.97 Å². The van der Waals surface area contributed by atoms with E-state index in [9.17, 15) is 0 Å². The molecule has 1 heterocycles. The summed E-state index contributed by atoms with van der Waals surface area (Å²) < 4.78 is 5.29. The molecule has 0 saturated carbocycles. The molecule has 0 spiro atoms. The SMILES string of the molecule is CNc1nccc(NCC(C)(C)OC)n1. The van der Waals surface area contributed by atoms with Crippen molar-refractivity contribution in [2.45, 2.75) is 19.4 Å². The first-order chi connectivity index (χ1) is 7.07. The number of nitrogens with one attached hydrogen (secondary N) is 2. The van der Waals surface area contributed by atoms with Crippen molar-refractivity contribution in [2.24, 2.45) is 0 Å². The van der Waals surface area contributed by atoms with Crippen LogP contribution in [0.1, 0.15) is 13.8 Å². The van der Waals surface area contributed by atoms with Crippen LogP contribution in [-0.2, 0) is 4.74 Å². The van der Waals surface area contributed by atoms with Crippen molar-refractivity contribution in [3.63, 3.8) is 0 Å². The summed E-state index contributed by atoms with van der Waals surface area (Å²) in [5.41, 5.74) is -0.204. The first-order valence-electron chi connectivity index (χ1n) is 4.87. The minimum atomic E-state index is -0.204. The lowest BCUT2D eigenvalue weighted by Gasteiger charge is -2.23. The third-order valence-corrected chi connectivity index (χ3v) is 2.13. The van der Waals surface area contributed by atoms with Crippen molar-refractivity contribution in [1.29, 1.82) is 0 Å². The van der Waals surface area contributed by atoms with Gasteiger partial charge >= 0.3 is 0 Å². The second kappa shape index (κ2) is 4.93. The van der Waals surface area contributed by atoms with E-state index in [0.717, 1.165) is 5.82 Å². The van der Waals surface area contributed by atoms with Gasteiger partial charge < -0.3 is 15.4 Å². The van der Waals surface area contributed by atoms with Gasteiger partial charge in [-0.1, -0.05) is 0 Å². The Morgan fingerprint density at radius 3 is 2.80 bits per heavy atom. The van der Waals surface area contributed by atoms with Gasteiger partial charge in [0.25, 0.3) is 0 Å². The van der Waals surface area contributed by atoms with Gasteiger partial charge in [-0.2, -0.15) is 4.98 Å². The molecule has 1 aromatic heterocycles. The molecule has 0 aliphatic heterocycles. The zero-order valence-electron chi connectivity index (χ0n) is 9.66. The lowest BCUT2D eigenvalue weighted by Crippen LogP contribution is -2.32. The van der Waals surface area contributed by atoms with Gasteiger partial charge in [-0.05, 0) is 19.9 Å². The Kier molecular flexibility index (Phi) is 3.85. The number of nitrogens with zero attached hydrogens (tertiary/aromatic N) is 2. The van der Waals surface area contributed by atoms with Crippen LogP contribution in [-0.4, -0.2) is 36.3 Å². The molecular formula is C10H18N4O. The average Bonchev–Trinajstić information content (AvgIpc) is 2.27. The van der Waals surface area contributed by atoms with Crippen LogP contribution >= 0.6 is 0 Å². The molecule has 1 aromatic rings. The topological polar surface area (TPSA) is 59.1 Å². The summed E-state index contributed by atoms with van der Waals surface area (Å²) in [5, 5.41) is 6.08.